The zero-order valence-corrected chi connectivity index (χ0v) is 19.2. The number of halogens is 2. The van der Waals surface area contributed by atoms with Gasteiger partial charge in [0.2, 0.25) is 0 Å². The fourth-order valence-corrected chi connectivity index (χ4v) is 6.63. The molecular formula is C22H23Cl2N3O3S. The first-order chi connectivity index (χ1) is 14.8. The summed E-state index contributed by atoms with van der Waals surface area (Å²) < 4.78 is 23.6. The molecule has 9 heteroatoms. The lowest BCUT2D eigenvalue weighted by Crippen LogP contribution is -2.44. The lowest BCUT2D eigenvalue weighted by Gasteiger charge is -2.40. The molecule has 0 spiro atoms. The van der Waals surface area contributed by atoms with E-state index in [-0.39, 0.29) is 30.5 Å². The highest BCUT2D eigenvalue weighted by atomic mass is 35.5. The highest BCUT2D eigenvalue weighted by molar-refractivity contribution is 7.91. The molecule has 4 aliphatic rings. The molecule has 1 saturated carbocycles. The average molecular weight is 480 g/mol. The number of carbonyl (C=O) groups is 1. The number of rotatable bonds is 3. The molecule has 31 heavy (non-hydrogen) atoms. The number of nitrogens with one attached hydrogen (secondary N) is 1. The number of aromatic nitrogens is 1. The highest BCUT2D eigenvalue weighted by Crippen LogP contribution is 2.52. The molecule has 164 valence electrons. The summed E-state index contributed by atoms with van der Waals surface area (Å²) in [6, 6.07) is 5.37. The summed E-state index contributed by atoms with van der Waals surface area (Å²) in [5, 5.41) is 4.34. The van der Waals surface area contributed by atoms with Gasteiger partial charge in [0.15, 0.2) is 9.84 Å². The van der Waals surface area contributed by atoms with Crippen molar-refractivity contribution < 1.29 is 13.2 Å². The second-order valence-corrected chi connectivity index (χ2v) is 11.7. The van der Waals surface area contributed by atoms with Crippen molar-refractivity contribution in [2.45, 2.75) is 37.5 Å². The minimum Gasteiger partial charge on any atom is -0.340 e. The Hall–Kier alpha value is -1.83. The van der Waals surface area contributed by atoms with Gasteiger partial charge in [-0.1, -0.05) is 23.2 Å². The number of nitrogens with zero attached hydrogens (tertiary/aromatic N) is 2. The van der Waals surface area contributed by atoms with Gasteiger partial charge in [0.1, 0.15) is 5.82 Å². The summed E-state index contributed by atoms with van der Waals surface area (Å²) in [7, 11) is -3.04. The van der Waals surface area contributed by atoms with E-state index in [1.807, 2.05) is 6.07 Å². The fraction of sp³-hybridized carbons (Fsp3) is 0.455. The molecule has 1 N–H and O–H groups in total. The molecule has 0 unspecified atom stereocenters. The van der Waals surface area contributed by atoms with E-state index < -0.39 is 9.84 Å². The van der Waals surface area contributed by atoms with E-state index in [1.54, 1.807) is 23.2 Å². The van der Waals surface area contributed by atoms with Crippen molar-refractivity contribution in [3.05, 3.63) is 51.1 Å². The van der Waals surface area contributed by atoms with Gasteiger partial charge in [0.05, 0.1) is 27.1 Å². The van der Waals surface area contributed by atoms with Crippen LogP contribution in [-0.4, -0.2) is 48.8 Å². The Labute approximate surface area is 191 Å². The standard InChI is InChI=1S/C22H23Cl2N3O3S/c23-17-6-5-15(11-18(17)24)26-21-20-14-3-1-13(2-4-14)19(20)16(12-25-21)22(28)27-7-9-31(29,30)10-8-27/h5-6,11-14H,1-4,7-10H2,(H,25,26). The molecule has 2 bridgehead atoms. The van der Waals surface area contributed by atoms with Crippen LogP contribution in [0.1, 0.15) is 59.0 Å². The van der Waals surface area contributed by atoms with Crippen molar-refractivity contribution in [2.24, 2.45) is 0 Å². The third-order valence-electron chi connectivity index (χ3n) is 6.75. The third kappa shape index (κ3) is 3.92. The Balaban J connectivity index is 1.52. The summed E-state index contributed by atoms with van der Waals surface area (Å²) in [5.74, 6) is 1.42. The second kappa shape index (κ2) is 7.94. The molecule has 6 nitrogen and oxygen atoms in total. The van der Waals surface area contributed by atoms with Crippen LogP contribution in [0.25, 0.3) is 0 Å². The summed E-state index contributed by atoms with van der Waals surface area (Å²) in [6.45, 7) is 0.487. The van der Waals surface area contributed by atoms with Crippen molar-refractivity contribution in [1.82, 2.24) is 9.88 Å². The zero-order valence-electron chi connectivity index (χ0n) is 16.9. The SMILES string of the molecule is O=C(c1cnc(Nc2ccc(Cl)c(Cl)c2)c2c1C1CCC2CC1)N1CCS(=O)(=O)CC1. The van der Waals surface area contributed by atoms with Gasteiger partial charge in [-0.25, -0.2) is 13.4 Å². The summed E-state index contributed by atoms with van der Waals surface area (Å²) in [6.07, 6.45) is 5.99. The minimum atomic E-state index is -3.04. The summed E-state index contributed by atoms with van der Waals surface area (Å²) >= 11 is 12.2. The Kier molecular flexibility index (Phi) is 5.39. The Morgan fingerprint density at radius 3 is 2.29 bits per heavy atom. The van der Waals surface area contributed by atoms with Crippen LogP contribution >= 0.6 is 23.2 Å². The van der Waals surface area contributed by atoms with Crippen LogP contribution in [0.2, 0.25) is 10.0 Å². The van der Waals surface area contributed by atoms with Crippen molar-refractivity contribution in [2.75, 3.05) is 29.9 Å². The van der Waals surface area contributed by atoms with E-state index in [0.29, 0.717) is 27.4 Å². The van der Waals surface area contributed by atoms with E-state index in [9.17, 15) is 13.2 Å². The van der Waals surface area contributed by atoms with Gasteiger partial charge in [-0.15, -0.1) is 0 Å². The van der Waals surface area contributed by atoms with Crippen LogP contribution in [-0.2, 0) is 9.84 Å². The molecule has 1 saturated heterocycles. The number of hydrogen-bond donors (Lipinski definition) is 1. The van der Waals surface area contributed by atoms with Gasteiger partial charge in [0, 0.05) is 30.5 Å². The first-order valence-electron chi connectivity index (χ1n) is 10.6. The number of sulfone groups is 1. The summed E-state index contributed by atoms with van der Waals surface area (Å²) in [5.41, 5.74) is 3.65. The highest BCUT2D eigenvalue weighted by Gasteiger charge is 2.39. The van der Waals surface area contributed by atoms with Crippen LogP contribution in [0, 0.1) is 0 Å². The molecule has 3 aliphatic carbocycles. The Morgan fingerprint density at radius 1 is 1.00 bits per heavy atom. The molecule has 1 amide bonds. The smallest absolute Gasteiger partial charge is 0.255 e. The van der Waals surface area contributed by atoms with E-state index in [1.165, 1.54) is 0 Å². The number of fused-ring (bicyclic) bond motifs is 2. The normalized spacial score (nSPS) is 24.0. The maximum atomic E-state index is 13.3. The van der Waals surface area contributed by atoms with E-state index in [4.69, 9.17) is 23.2 Å². The predicted molar refractivity (Wildman–Crippen MR) is 122 cm³/mol. The number of amides is 1. The monoisotopic (exact) mass is 479 g/mol. The molecule has 0 radical (unpaired) electrons. The van der Waals surface area contributed by atoms with E-state index in [2.05, 4.69) is 10.3 Å². The quantitative estimate of drug-likeness (QED) is 0.686. The minimum absolute atomic E-state index is 0.0252. The van der Waals surface area contributed by atoms with E-state index in [0.717, 1.165) is 48.3 Å². The van der Waals surface area contributed by atoms with Crippen molar-refractivity contribution in [1.29, 1.82) is 0 Å². The molecule has 6 rings (SSSR count). The number of carbonyl (C=O) groups excluding carboxylic acids is 1. The first kappa shape index (κ1) is 21.0. The molecule has 2 heterocycles. The Bertz CT molecular complexity index is 1150. The maximum Gasteiger partial charge on any atom is 0.255 e. The van der Waals surface area contributed by atoms with Crippen LogP contribution in [0.15, 0.2) is 24.4 Å². The molecule has 1 aromatic carbocycles. The van der Waals surface area contributed by atoms with Gasteiger partial charge in [-0.05, 0) is 61.3 Å². The number of pyridine rings is 1. The number of hydrogen-bond acceptors (Lipinski definition) is 5. The van der Waals surface area contributed by atoms with Crippen molar-refractivity contribution in [3.63, 3.8) is 0 Å². The first-order valence-corrected chi connectivity index (χ1v) is 13.1. The zero-order chi connectivity index (χ0) is 21.8. The molecule has 2 aromatic rings. The topological polar surface area (TPSA) is 79.4 Å². The second-order valence-electron chi connectivity index (χ2n) is 8.59. The van der Waals surface area contributed by atoms with Crippen LogP contribution in [0.5, 0.6) is 0 Å². The van der Waals surface area contributed by atoms with Gasteiger partial charge < -0.3 is 10.2 Å². The van der Waals surface area contributed by atoms with Gasteiger partial charge in [0.25, 0.3) is 5.91 Å². The number of benzene rings is 1. The summed E-state index contributed by atoms with van der Waals surface area (Å²) in [4.78, 5) is 19.7. The lowest BCUT2D eigenvalue weighted by molar-refractivity contribution is 0.0767. The fourth-order valence-electron chi connectivity index (χ4n) is 5.13. The van der Waals surface area contributed by atoms with E-state index >= 15 is 0 Å². The van der Waals surface area contributed by atoms with Crippen molar-refractivity contribution >= 4 is 50.5 Å². The largest absolute Gasteiger partial charge is 0.340 e. The Morgan fingerprint density at radius 2 is 1.65 bits per heavy atom. The maximum absolute atomic E-state index is 13.3. The molecule has 1 aliphatic heterocycles. The number of anilines is 2. The van der Waals surface area contributed by atoms with Crippen LogP contribution < -0.4 is 5.32 Å². The molecule has 2 fully saturated rings. The average Bonchev–Trinajstić information content (AvgIpc) is 2.77. The van der Waals surface area contributed by atoms with Crippen molar-refractivity contribution in [3.8, 4) is 0 Å². The molecular weight excluding hydrogens is 457 g/mol. The molecule has 1 aromatic heterocycles. The molecule has 0 atom stereocenters. The third-order valence-corrected chi connectivity index (χ3v) is 9.09. The van der Waals surface area contributed by atoms with Crippen LogP contribution in [0.4, 0.5) is 11.5 Å². The predicted octanol–water partition coefficient (Wildman–Crippen LogP) is 4.76. The van der Waals surface area contributed by atoms with Gasteiger partial charge >= 0.3 is 0 Å². The van der Waals surface area contributed by atoms with Crippen LogP contribution in [0.3, 0.4) is 0 Å². The lowest BCUT2D eigenvalue weighted by atomic mass is 9.66. The van der Waals surface area contributed by atoms with Gasteiger partial charge in [-0.3, -0.25) is 4.79 Å². The van der Waals surface area contributed by atoms with Gasteiger partial charge in [-0.2, -0.15) is 0 Å².